The lowest BCUT2D eigenvalue weighted by atomic mass is 9.95. The lowest BCUT2D eigenvalue weighted by molar-refractivity contribution is 0.0789. The zero-order chi connectivity index (χ0) is 15.1. The molecule has 1 fully saturated rings. The number of carbonyl (C=O) groups excluding carboxylic acids is 1. The van der Waals surface area contributed by atoms with Gasteiger partial charge in [0.2, 0.25) is 5.89 Å². The van der Waals surface area contributed by atoms with Crippen LogP contribution in [0.15, 0.2) is 9.90 Å². The Kier molecular flexibility index (Phi) is 3.48. The third-order valence-electron chi connectivity index (χ3n) is 4.66. The standard InChI is InChI=1S/C16H19N3O2S/c1-10-17-15(21-18-10)11-6-7-19(8-11)16(20)13-9-22-14-5-3-2-4-12(13)14/h9,11H,2-8H2,1H3/t11-/m1/s1. The Morgan fingerprint density at radius 3 is 3.09 bits per heavy atom. The quantitative estimate of drug-likeness (QED) is 0.854. The summed E-state index contributed by atoms with van der Waals surface area (Å²) in [5.74, 6) is 1.68. The molecule has 3 heterocycles. The lowest BCUT2D eigenvalue weighted by Crippen LogP contribution is -2.29. The number of rotatable bonds is 2. The third-order valence-corrected chi connectivity index (χ3v) is 5.75. The van der Waals surface area contributed by atoms with E-state index >= 15 is 0 Å². The number of thiophene rings is 1. The van der Waals surface area contributed by atoms with Crippen LogP contribution < -0.4 is 0 Å². The molecular weight excluding hydrogens is 298 g/mol. The summed E-state index contributed by atoms with van der Waals surface area (Å²) in [5, 5.41) is 5.91. The number of aromatic nitrogens is 2. The Bertz CT molecular complexity index is 706. The lowest BCUT2D eigenvalue weighted by Gasteiger charge is -2.18. The fraction of sp³-hybridized carbons (Fsp3) is 0.562. The van der Waals surface area contributed by atoms with Crippen LogP contribution in [0.3, 0.4) is 0 Å². The number of aryl methyl sites for hydroxylation is 2. The van der Waals surface area contributed by atoms with Crippen molar-refractivity contribution in [3.05, 3.63) is 33.1 Å². The molecule has 0 N–H and O–H groups in total. The monoisotopic (exact) mass is 317 g/mol. The fourth-order valence-electron chi connectivity index (χ4n) is 3.47. The zero-order valence-corrected chi connectivity index (χ0v) is 13.5. The van der Waals surface area contributed by atoms with Gasteiger partial charge in [0.15, 0.2) is 5.82 Å². The van der Waals surface area contributed by atoms with Gasteiger partial charge in [-0.1, -0.05) is 5.16 Å². The maximum atomic E-state index is 12.8. The van der Waals surface area contributed by atoms with E-state index in [4.69, 9.17) is 4.52 Å². The van der Waals surface area contributed by atoms with E-state index in [9.17, 15) is 4.79 Å². The molecule has 0 aromatic carbocycles. The summed E-state index contributed by atoms with van der Waals surface area (Å²) in [6.07, 6.45) is 5.55. The molecule has 4 rings (SSSR count). The normalized spacial score (nSPS) is 21.1. The second-order valence-corrected chi connectivity index (χ2v) is 7.14. The maximum absolute atomic E-state index is 12.8. The molecular formula is C16H19N3O2S. The van der Waals surface area contributed by atoms with Gasteiger partial charge in [-0.3, -0.25) is 4.79 Å². The zero-order valence-electron chi connectivity index (χ0n) is 12.7. The van der Waals surface area contributed by atoms with Gasteiger partial charge in [-0.2, -0.15) is 4.98 Å². The molecule has 2 aromatic heterocycles. The van der Waals surface area contributed by atoms with Gasteiger partial charge < -0.3 is 9.42 Å². The summed E-state index contributed by atoms with van der Waals surface area (Å²) in [5.41, 5.74) is 2.24. The Balaban J connectivity index is 1.51. The first-order valence-electron chi connectivity index (χ1n) is 7.91. The van der Waals surface area contributed by atoms with Gasteiger partial charge in [0, 0.05) is 23.3 Å². The summed E-state index contributed by atoms with van der Waals surface area (Å²) in [6, 6.07) is 0. The molecule has 1 aliphatic carbocycles. The molecule has 116 valence electrons. The van der Waals surface area contributed by atoms with E-state index < -0.39 is 0 Å². The number of amides is 1. The summed E-state index contributed by atoms with van der Waals surface area (Å²) in [4.78, 5) is 20.5. The SMILES string of the molecule is Cc1noc([C@@H]2CCN(C(=O)c3csc4c3CCCC4)C2)n1. The molecule has 1 amide bonds. The fourth-order valence-corrected chi connectivity index (χ4v) is 4.59. The molecule has 0 radical (unpaired) electrons. The smallest absolute Gasteiger partial charge is 0.255 e. The predicted molar refractivity (Wildman–Crippen MR) is 83.3 cm³/mol. The van der Waals surface area contributed by atoms with Gasteiger partial charge in [0.1, 0.15) is 0 Å². The van der Waals surface area contributed by atoms with Crippen LogP contribution in [-0.4, -0.2) is 34.0 Å². The predicted octanol–water partition coefficient (Wildman–Crippen LogP) is 2.95. The van der Waals surface area contributed by atoms with Crippen LogP contribution in [0.5, 0.6) is 0 Å². The minimum absolute atomic E-state index is 0.179. The molecule has 6 heteroatoms. The maximum Gasteiger partial charge on any atom is 0.255 e. The topological polar surface area (TPSA) is 59.2 Å². The van der Waals surface area contributed by atoms with E-state index in [-0.39, 0.29) is 11.8 Å². The van der Waals surface area contributed by atoms with Crippen LogP contribution in [-0.2, 0) is 12.8 Å². The van der Waals surface area contributed by atoms with Crippen LogP contribution >= 0.6 is 11.3 Å². The largest absolute Gasteiger partial charge is 0.339 e. The molecule has 0 unspecified atom stereocenters. The highest BCUT2D eigenvalue weighted by Gasteiger charge is 2.33. The number of fused-ring (bicyclic) bond motifs is 1. The average Bonchev–Trinajstić information content (AvgIpc) is 3.25. The van der Waals surface area contributed by atoms with Crippen molar-refractivity contribution in [2.75, 3.05) is 13.1 Å². The van der Waals surface area contributed by atoms with E-state index in [1.165, 1.54) is 23.3 Å². The molecule has 2 aromatic rings. The number of carbonyl (C=O) groups is 1. The highest BCUT2D eigenvalue weighted by Crippen LogP contribution is 2.33. The van der Waals surface area contributed by atoms with E-state index in [0.717, 1.165) is 31.4 Å². The Morgan fingerprint density at radius 1 is 1.41 bits per heavy atom. The summed E-state index contributed by atoms with van der Waals surface area (Å²) in [6.45, 7) is 3.28. The first-order chi connectivity index (χ1) is 10.7. The highest BCUT2D eigenvalue weighted by molar-refractivity contribution is 7.10. The number of nitrogens with zero attached hydrogens (tertiary/aromatic N) is 3. The second-order valence-electron chi connectivity index (χ2n) is 6.17. The van der Waals surface area contributed by atoms with Gasteiger partial charge >= 0.3 is 0 Å². The molecule has 0 bridgehead atoms. The van der Waals surface area contributed by atoms with E-state index in [1.54, 1.807) is 11.3 Å². The van der Waals surface area contributed by atoms with E-state index in [1.807, 2.05) is 11.8 Å². The Morgan fingerprint density at radius 2 is 2.27 bits per heavy atom. The van der Waals surface area contributed by atoms with E-state index in [0.29, 0.717) is 18.3 Å². The van der Waals surface area contributed by atoms with E-state index in [2.05, 4.69) is 15.5 Å². The summed E-state index contributed by atoms with van der Waals surface area (Å²) >= 11 is 1.75. The van der Waals surface area contributed by atoms with Crippen molar-refractivity contribution in [1.82, 2.24) is 15.0 Å². The molecule has 1 aliphatic heterocycles. The highest BCUT2D eigenvalue weighted by atomic mass is 32.1. The number of hydrogen-bond acceptors (Lipinski definition) is 5. The molecule has 1 saturated heterocycles. The van der Waals surface area contributed by atoms with Crippen molar-refractivity contribution in [1.29, 1.82) is 0 Å². The van der Waals surface area contributed by atoms with Crippen molar-refractivity contribution >= 4 is 17.2 Å². The minimum atomic E-state index is 0.179. The van der Waals surface area contributed by atoms with Crippen LogP contribution in [0, 0.1) is 6.92 Å². The van der Waals surface area contributed by atoms with Crippen LogP contribution in [0.2, 0.25) is 0 Å². The summed E-state index contributed by atoms with van der Waals surface area (Å²) in [7, 11) is 0. The molecule has 5 nitrogen and oxygen atoms in total. The van der Waals surface area contributed by atoms with Crippen molar-refractivity contribution in [2.45, 2.75) is 44.9 Å². The van der Waals surface area contributed by atoms with Crippen molar-refractivity contribution < 1.29 is 9.32 Å². The molecule has 0 spiro atoms. The first-order valence-corrected chi connectivity index (χ1v) is 8.79. The summed E-state index contributed by atoms with van der Waals surface area (Å²) < 4.78 is 5.26. The number of hydrogen-bond donors (Lipinski definition) is 0. The average molecular weight is 317 g/mol. The van der Waals surface area contributed by atoms with Crippen molar-refractivity contribution in [3.8, 4) is 0 Å². The minimum Gasteiger partial charge on any atom is -0.339 e. The van der Waals surface area contributed by atoms with Crippen molar-refractivity contribution in [3.63, 3.8) is 0 Å². The first kappa shape index (κ1) is 13.9. The van der Waals surface area contributed by atoms with Crippen LogP contribution in [0.25, 0.3) is 0 Å². The molecule has 22 heavy (non-hydrogen) atoms. The molecule has 0 saturated carbocycles. The van der Waals surface area contributed by atoms with Gasteiger partial charge in [-0.15, -0.1) is 11.3 Å². The Hall–Kier alpha value is -1.69. The molecule has 2 aliphatic rings. The van der Waals surface area contributed by atoms with Crippen molar-refractivity contribution in [2.24, 2.45) is 0 Å². The van der Waals surface area contributed by atoms with Gasteiger partial charge in [-0.25, -0.2) is 0 Å². The third kappa shape index (κ3) is 2.35. The van der Waals surface area contributed by atoms with Gasteiger partial charge in [0.05, 0.1) is 11.5 Å². The number of likely N-dealkylation sites (tertiary alicyclic amines) is 1. The second kappa shape index (κ2) is 5.50. The van der Waals surface area contributed by atoms with Crippen LogP contribution in [0.1, 0.15) is 57.7 Å². The molecule has 1 atom stereocenters. The van der Waals surface area contributed by atoms with Crippen LogP contribution in [0.4, 0.5) is 0 Å². The Labute approximate surface area is 133 Å². The van der Waals surface area contributed by atoms with Gasteiger partial charge in [-0.05, 0) is 44.6 Å². The van der Waals surface area contributed by atoms with Gasteiger partial charge in [0.25, 0.3) is 5.91 Å².